The van der Waals surface area contributed by atoms with Gasteiger partial charge >= 0.3 is 0 Å². The highest BCUT2D eigenvalue weighted by Crippen LogP contribution is 2.26. The Labute approximate surface area is 127 Å². The maximum Gasteiger partial charge on any atom is 0.218 e. The van der Waals surface area contributed by atoms with Gasteiger partial charge in [-0.25, -0.2) is 0 Å². The molecule has 1 fully saturated rings. The van der Waals surface area contributed by atoms with Crippen molar-refractivity contribution in [3.8, 4) is 0 Å². The highest BCUT2D eigenvalue weighted by molar-refractivity contribution is 5.73. The summed E-state index contributed by atoms with van der Waals surface area (Å²) in [6.07, 6.45) is 1.63. The van der Waals surface area contributed by atoms with Crippen LogP contribution in [0.25, 0.3) is 0 Å². The van der Waals surface area contributed by atoms with E-state index in [4.69, 9.17) is 5.73 Å². The molecular weight excluding hydrogens is 262 g/mol. The molecule has 2 unspecified atom stereocenters. The average molecular weight is 289 g/mol. The molecule has 21 heavy (non-hydrogen) atoms. The standard InChI is InChI=1S/C17H27N3O/c1-3-19(12-10-17(18)21)16-9-11-20(13-16)14(2)15-7-5-4-6-8-15/h4-8,14,16H,3,9-13H2,1-2H3,(H2,18,21). The summed E-state index contributed by atoms with van der Waals surface area (Å²) < 4.78 is 0. The Morgan fingerprint density at radius 3 is 2.76 bits per heavy atom. The summed E-state index contributed by atoms with van der Waals surface area (Å²) in [7, 11) is 0. The minimum absolute atomic E-state index is 0.207. The van der Waals surface area contributed by atoms with Crippen LogP contribution in [0, 0.1) is 0 Å². The number of likely N-dealkylation sites (N-methyl/N-ethyl adjacent to an activating group) is 1. The molecule has 0 bridgehead atoms. The van der Waals surface area contributed by atoms with Crippen LogP contribution >= 0.6 is 0 Å². The molecule has 0 spiro atoms. The number of rotatable bonds is 7. The van der Waals surface area contributed by atoms with Gasteiger partial charge in [-0.05, 0) is 25.5 Å². The first-order chi connectivity index (χ1) is 10.1. The molecule has 116 valence electrons. The van der Waals surface area contributed by atoms with E-state index in [1.807, 2.05) is 0 Å². The van der Waals surface area contributed by atoms with Crippen molar-refractivity contribution in [2.45, 2.75) is 38.8 Å². The van der Waals surface area contributed by atoms with Gasteiger partial charge in [0.1, 0.15) is 0 Å². The average Bonchev–Trinajstić information content (AvgIpc) is 2.97. The number of primary amides is 1. The van der Waals surface area contributed by atoms with Gasteiger partial charge in [-0.2, -0.15) is 0 Å². The van der Waals surface area contributed by atoms with Gasteiger partial charge in [0.2, 0.25) is 5.91 Å². The van der Waals surface area contributed by atoms with Crippen molar-refractivity contribution in [3.63, 3.8) is 0 Å². The molecule has 2 N–H and O–H groups in total. The number of hydrogen-bond donors (Lipinski definition) is 1. The second kappa shape index (κ2) is 7.57. The van der Waals surface area contributed by atoms with Crippen molar-refractivity contribution < 1.29 is 4.79 Å². The Kier molecular flexibility index (Phi) is 5.76. The maximum absolute atomic E-state index is 11.0. The summed E-state index contributed by atoms with van der Waals surface area (Å²) in [6.45, 7) is 8.38. The van der Waals surface area contributed by atoms with Crippen molar-refractivity contribution >= 4 is 5.91 Å². The molecule has 0 aromatic heterocycles. The van der Waals surface area contributed by atoms with E-state index in [9.17, 15) is 4.79 Å². The van der Waals surface area contributed by atoms with Crippen LogP contribution < -0.4 is 5.73 Å². The molecule has 0 radical (unpaired) electrons. The summed E-state index contributed by atoms with van der Waals surface area (Å²) in [4.78, 5) is 15.9. The van der Waals surface area contributed by atoms with Gasteiger partial charge in [0.25, 0.3) is 0 Å². The zero-order valence-corrected chi connectivity index (χ0v) is 13.2. The number of nitrogens with two attached hydrogens (primary N) is 1. The Balaban J connectivity index is 1.91. The van der Waals surface area contributed by atoms with E-state index in [1.54, 1.807) is 0 Å². The summed E-state index contributed by atoms with van der Waals surface area (Å²) in [5, 5.41) is 0. The van der Waals surface area contributed by atoms with Gasteiger partial charge < -0.3 is 5.73 Å². The van der Waals surface area contributed by atoms with E-state index in [1.165, 1.54) is 12.0 Å². The molecule has 1 aromatic carbocycles. The molecule has 2 atom stereocenters. The Morgan fingerprint density at radius 2 is 2.14 bits per heavy atom. The first kappa shape index (κ1) is 16.0. The maximum atomic E-state index is 11.0. The first-order valence-corrected chi connectivity index (χ1v) is 7.93. The lowest BCUT2D eigenvalue weighted by Crippen LogP contribution is -2.39. The molecule has 2 rings (SSSR count). The molecule has 1 saturated heterocycles. The fourth-order valence-electron chi connectivity index (χ4n) is 3.21. The van der Waals surface area contributed by atoms with E-state index in [2.05, 4.69) is 54.0 Å². The fraction of sp³-hybridized carbons (Fsp3) is 0.588. The van der Waals surface area contributed by atoms with Crippen LogP contribution in [0.1, 0.15) is 38.3 Å². The largest absolute Gasteiger partial charge is 0.370 e. The topological polar surface area (TPSA) is 49.6 Å². The monoisotopic (exact) mass is 289 g/mol. The highest BCUT2D eigenvalue weighted by atomic mass is 16.1. The van der Waals surface area contributed by atoms with Crippen molar-refractivity contribution in [3.05, 3.63) is 35.9 Å². The van der Waals surface area contributed by atoms with Crippen LogP contribution in [-0.2, 0) is 4.79 Å². The Morgan fingerprint density at radius 1 is 1.43 bits per heavy atom. The van der Waals surface area contributed by atoms with Gasteiger partial charge in [0.15, 0.2) is 0 Å². The molecule has 0 saturated carbocycles. The lowest BCUT2D eigenvalue weighted by molar-refractivity contribution is -0.118. The van der Waals surface area contributed by atoms with E-state index in [0.29, 0.717) is 18.5 Å². The fourth-order valence-corrected chi connectivity index (χ4v) is 3.21. The predicted molar refractivity (Wildman–Crippen MR) is 85.9 cm³/mol. The quantitative estimate of drug-likeness (QED) is 0.835. The normalized spacial score (nSPS) is 20.8. The molecular formula is C17H27N3O. The molecule has 1 aromatic rings. The summed E-state index contributed by atoms with van der Waals surface area (Å²) >= 11 is 0. The lowest BCUT2D eigenvalue weighted by atomic mass is 10.1. The van der Waals surface area contributed by atoms with Gasteiger partial charge in [-0.3, -0.25) is 14.6 Å². The van der Waals surface area contributed by atoms with Gasteiger partial charge in [0, 0.05) is 38.1 Å². The van der Waals surface area contributed by atoms with Crippen molar-refractivity contribution in [1.29, 1.82) is 0 Å². The first-order valence-electron chi connectivity index (χ1n) is 7.93. The Bertz CT molecular complexity index is 449. The van der Waals surface area contributed by atoms with Gasteiger partial charge in [-0.15, -0.1) is 0 Å². The van der Waals surface area contributed by atoms with Gasteiger partial charge in [0.05, 0.1) is 0 Å². The van der Waals surface area contributed by atoms with Crippen LogP contribution in [-0.4, -0.2) is 47.9 Å². The SMILES string of the molecule is CCN(CCC(N)=O)C1CCN(C(C)c2ccccc2)C1. The van der Waals surface area contributed by atoms with E-state index in [0.717, 1.165) is 26.2 Å². The number of amides is 1. The Hall–Kier alpha value is -1.39. The minimum Gasteiger partial charge on any atom is -0.370 e. The van der Waals surface area contributed by atoms with Crippen LogP contribution in [0.5, 0.6) is 0 Å². The number of hydrogen-bond acceptors (Lipinski definition) is 3. The third kappa shape index (κ3) is 4.29. The van der Waals surface area contributed by atoms with Crippen LogP contribution in [0.15, 0.2) is 30.3 Å². The van der Waals surface area contributed by atoms with Crippen LogP contribution in [0.2, 0.25) is 0 Å². The number of benzene rings is 1. The second-order valence-electron chi connectivity index (χ2n) is 5.87. The van der Waals surface area contributed by atoms with Gasteiger partial charge in [-0.1, -0.05) is 37.3 Å². The van der Waals surface area contributed by atoms with Crippen LogP contribution in [0.3, 0.4) is 0 Å². The molecule has 1 amide bonds. The number of carbonyl (C=O) groups is 1. The molecule has 0 aliphatic carbocycles. The van der Waals surface area contributed by atoms with Crippen molar-refractivity contribution in [2.24, 2.45) is 5.73 Å². The molecule has 1 aliphatic heterocycles. The molecule has 4 nitrogen and oxygen atoms in total. The third-order valence-electron chi connectivity index (χ3n) is 4.59. The third-order valence-corrected chi connectivity index (χ3v) is 4.59. The molecule has 4 heteroatoms. The lowest BCUT2D eigenvalue weighted by Gasteiger charge is -2.29. The minimum atomic E-state index is -0.207. The second-order valence-corrected chi connectivity index (χ2v) is 5.87. The number of nitrogens with zero attached hydrogens (tertiary/aromatic N) is 2. The smallest absolute Gasteiger partial charge is 0.218 e. The zero-order valence-electron chi connectivity index (χ0n) is 13.2. The summed E-state index contributed by atoms with van der Waals surface area (Å²) in [6, 6.07) is 11.7. The molecule has 1 heterocycles. The predicted octanol–water partition coefficient (Wildman–Crippen LogP) is 2.02. The summed E-state index contributed by atoms with van der Waals surface area (Å²) in [5.41, 5.74) is 6.64. The highest BCUT2D eigenvalue weighted by Gasteiger charge is 2.29. The van der Waals surface area contributed by atoms with Crippen molar-refractivity contribution in [2.75, 3.05) is 26.2 Å². The van der Waals surface area contributed by atoms with E-state index >= 15 is 0 Å². The summed E-state index contributed by atoms with van der Waals surface area (Å²) in [5.74, 6) is -0.207. The van der Waals surface area contributed by atoms with Crippen molar-refractivity contribution in [1.82, 2.24) is 9.80 Å². The van der Waals surface area contributed by atoms with E-state index < -0.39 is 0 Å². The van der Waals surface area contributed by atoms with Crippen LogP contribution in [0.4, 0.5) is 0 Å². The number of carbonyl (C=O) groups excluding carboxylic acids is 1. The van der Waals surface area contributed by atoms with E-state index in [-0.39, 0.29) is 5.91 Å². The number of likely N-dealkylation sites (tertiary alicyclic amines) is 1. The zero-order chi connectivity index (χ0) is 15.2. The molecule has 1 aliphatic rings.